The summed E-state index contributed by atoms with van der Waals surface area (Å²) < 4.78 is 43.3. The number of carbonyl (C=O) groups is 1. The number of sulfonamides is 1. The molecule has 160 valence electrons. The zero-order chi connectivity index (χ0) is 21.7. The molecule has 1 N–H and O–H groups in total. The average molecular weight is 462 g/mol. The Labute approximate surface area is 220 Å². The van der Waals surface area contributed by atoms with Gasteiger partial charge >= 0.3 is 51.4 Å². The molecule has 6 nitrogen and oxygen atoms in total. The van der Waals surface area contributed by atoms with Gasteiger partial charge in [0.1, 0.15) is 5.82 Å². The summed E-state index contributed by atoms with van der Waals surface area (Å²) in [5, 5.41) is 3.86. The van der Waals surface area contributed by atoms with E-state index in [0.29, 0.717) is 6.42 Å². The van der Waals surface area contributed by atoms with Gasteiger partial charge in [-0.15, -0.1) is 0 Å². The number of benzene rings is 1. The third-order valence-corrected chi connectivity index (χ3v) is 6.77. The number of carbonyl (C=O) groups excluding carboxylic acids is 1. The molecule has 0 saturated heterocycles. The van der Waals surface area contributed by atoms with Crippen LogP contribution < -0.4 is 4.72 Å². The Kier molecular flexibility index (Phi) is 7.80. The van der Waals surface area contributed by atoms with Gasteiger partial charge in [0, 0.05) is 12.2 Å². The quantitative estimate of drug-likeness (QED) is 0.693. The van der Waals surface area contributed by atoms with Gasteiger partial charge in [0.15, 0.2) is 5.03 Å². The van der Waals surface area contributed by atoms with Gasteiger partial charge < -0.3 is 0 Å². The summed E-state index contributed by atoms with van der Waals surface area (Å²) in [6.07, 6.45) is 1.98. The number of hydrogen-bond donors (Lipinski definition) is 1. The molecule has 0 spiro atoms. The molecular weight excluding hydrogens is 432 g/mol. The number of aromatic nitrogens is 2. The first-order chi connectivity index (χ1) is 13.3. The van der Waals surface area contributed by atoms with E-state index < -0.39 is 27.3 Å². The van der Waals surface area contributed by atoms with Gasteiger partial charge in [0.25, 0.3) is 10.0 Å². The average Bonchev–Trinajstić information content (AvgIpc) is 3.18. The molecule has 2 aromatic rings. The molecule has 0 saturated carbocycles. The topological polar surface area (TPSA) is 81.1 Å². The van der Waals surface area contributed by atoms with E-state index >= 15 is 0 Å². The summed E-state index contributed by atoms with van der Waals surface area (Å²) in [7, 11) is -4.10. The number of halogens is 1. The maximum atomic E-state index is 14.2. The molecule has 1 atom stereocenters. The van der Waals surface area contributed by atoms with Crippen molar-refractivity contribution in [3.8, 4) is 0 Å². The maximum absolute atomic E-state index is 14.2. The molecule has 3 rings (SSSR count). The third-order valence-electron chi connectivity index (χ3n) is 5.53. The minimum absolute atomic E-state index is 0. The molecule has 0 aliphatic heterocycles. The van der Waals surface area contributed by atoms with Crippen molar-refractivity contribution in [2.75, 3.05) is 0 Å². The van der Waals surface area contributed by atoms with Crippen molar-refractivity contribution in [1.82, 2.24) is 14.5 Å². The monoisotopic (exact) mass is 461 g/mol. The number of hydrogen-bond acceptors (Lipinski definition) is 4. The summed E-state index contributed by atoms with van der Waals surface area (Å²) >= 11 is 0. The van der Waals surface area contributed by atoms with Crippen LogP contribution in [0.1, 0.15) is 82.5 Å². The van der Waals surface area contributed by atoms with Gasteiger partial charge in [-0.3, -0.25) is 9.48 Å². The summed E-state index contributed by atoms with van der Waals surface area (Å²) in [6.45, 7) is 11.5. The normalized spacial score (nSPS) is 17.7. The van der Waals surface area contributed by atoms with Crippen molar-refractivity contribution >= 4 is 67.3 Å². The molecule has 1 aromatic carbocycles. The van der Waals surface area contributed by atoms with Gasteiger partial charge in [-0.05, 0) is 66.5 Å². The third kappa shape index (κ3) is 4.91. The van der Waals surface area contributed by atoms with E-state index in [2.05, 4.69) is 9.82 Å². The van der Waals surface area contributed by atoms with Crippen molar-refractivity contribution in [3.05, 3.63) is 46.9 Å². The van der Waals surface area contributed by atoms with E-state index in [4.69, 9.17) is 0 Å². The molecule has 1 aliphatic carbocycles. The molecule has 1 aromatic heterocycles. The van der Waals surface area contributed by atoms with Gasteiger partial charge in [-0.2, -0.15) is 13.5 Å². The van der Waals surface area contributed by atoms with Crippen LogP contribution in [0.25, 0.3) is 0 Å². The number of amides is 1. The van der Waals surface area contributed by atoms with Gasteiger partial charge in [-0.1, -0.05) is 27.7 Å². The molecule has 0 fully saturated rings. The molecule has 30 heavy (non-hydrogen) atoms. The molecule has 1 heterocycles. The Morgan fingerprint density at radius 3 is 2.43 bits per heavy atom. The molecule has 1 aliphatic rings. The number of fused-ring (bicyclic) bond motifs is 1. The predicted octanol–water partition coefficient (Wildman–Crippen LogP) is 3.35. The van der Waals surface area contributed by atoms with Crippen LogP contribution in [0.3, 0.4) is 0 Å². The van der Waals surface area contributed by atoms with Crippen molar-refractivity contribution in [2.24, 2.45) is 0 Å². The van der Waals surface area contributed by atoms with Crippen LogP contribution in [0.2, 0.25) is 0 Å². The van der Waals surface area contributed by atoms with Crippen LogP contribution in [0.5, 0.6) is 0 Å². The number of rotatable bonds is 5. The van der Waals surface area contributed by atoms with Crippen LogP contribution in [-0.2, 0) is 20.2 Å². The molecule has 9 heteroatoms. The fourth-order valence-electron chi connectivity index (χ4n) is 4.02. The van der Waals surface area contributed by atoms with Crippen molar-refractivity contribution < 1.29 is 17.6 Å². The zero-order valence-corrected chi connectivity index (χ0v) is 18.5. The Morgan fingerprint density at radius 1 is 1.27 bits per heavy atom. The van der Waals surface area contributed by atoms with Crippen molar-refractivity contribution in [1.29, 1.82) is 0 Å². The van der Waals surface area contributed by atoms with E-state index in [1.165, 1.54) is 22.9 Å². The summed E-state index contributed by atoms with van der Waals surface area (Å²) in [4.78, 5) is 13.1. The first kappa shape index (κ1) is 25.7. The van der Waals surface area contributed by atoms with Crippen LogP contribution in [0, 0.1) is 5.82 Å². The van der Waals surface area contributed by atoms with Crippen LogP contribution >= 0.6 is 0 Å². The Morgan fingerprint density at radius 2 is 1.90 bits per heavy atom. The second kappa shape index (κ2) is 9.11. The number of nitrogens with one attached hydrogen (secondary N) is 1. The van der Waals surface area contributed by atoms with E-state index in [1.807, 2.05) is 41.5 Å². The first-order valence-corrected chi connectivity index (χ1v) is 11.3. The van der Waals surface area contributed by atoms with E-state index in [9.17, 15) is 17.6 Å². The fourth-order valence-corrected chi connectivity index (χ4v) is 4.97. The van der Waals surface area contributed by atoms with Crippen LogP contribution in [0.4, 0.5) is 4.39 Å². The SMILES string of the molecule is CC(C)c1cc(F)cc2c1C(C(=O)NS(=O)(=O)c1ccn(C(C)C)n1)CC2(C)C.[KH]. The zero-order valence-electron chi connectivity index (χ0n) is 17.7. The second-order valence-electron chi connectivity index (χ2n) is 8.95. The van der Waals surface area contributed by atoms with Gasteiger partial charge in [0.2, 0.25) is 5.91 Å². The second-order valence-corrected chi connectivity index (χ2v) is 10.6. The summed E-state index contributed by atoms with van der Waals surface area (Å²) in [6, 6.07) is 4.29. The van der Waals surface area contributed by atoms with E-state index in [-0.39, 0.29) is 74.2 Å². The standard InChI is InChI=1S/C21H28FN3O3S.K.H/c1-12(2)15-9-14(22)10-17-19(15)16(11-21(17,5)6)20(26)24-29(27,28)18-7-8-25(23-18)13(3)4;;/h7-10,12-13,16H,11H2,1-6H3,(H,24,26);;. The summed E-state index contributed by atoms with van der Waals surface area (Å²) in [5.74, 6) is -1.61. The molecule has 0 radical (unpaired) electrons. The molecular formula is C21H29FKN3O3S. The minimum atomic E-state index is -4.10. The molecule has 1 unspecified atom stereocenters. The van der Waals surface area contributed by atoms with Gasteiger partial charge in [-0.25, -0.2) is 9.11 Å². The Balaban J connectivity index is 0.00000320. The van der Waals surface area contributed by atoms with Crippen LogP contribution in [0.15, 0.2) is 29.4 Å². The Hall–Kier alpha value is -0.584. The van der Waals surface area contributed by atoms with Gasteiger partial charge in [0.05, 0.1) is 5.92 Å². The number of nitrogens with zero attached hydrogens (tertiary/aromatic N) is 2. The summed E-state index contributed by atoms with van der Waals surface area (Å²) in [5.41, 5.74) is 1.81. The Bertz CT molecular complexity index is 1060. The first-order valence-electron chi connectivity index (χ1n) is 9.79. The fraction of sp³-hybridized carbons (Fsp3) is 0.524. The van der Waals surface area contributed by atoms with Crippen molar-refractivity contribution in [3.63, 3.8) is 0 Å². The molecule has 1 amide bonds. The van der Waals surface area contributed by atoms with E-state index in [1.54, 1.807) is 6.20 Å². The van der Waals surface area contributed by atoms with Crippen LogP contribution in [-0.4, -0.2) is 75.5 Å². The predicted molar refractivity (Wildman–Crippen MR) is 116 cm³/mol. The van der Waals surface area contributed by atoms with E-state index in [0.717, 1.165) is 16.7 Å². The van der Waals surface area contributed by atoms with Crippen molar-refractivity contribution in [2.45, 2.75) is 76.3 Å². The molecule has 0 bridgehead atoms.